The van der Waals surface area contributed by atoms with Crippen molar-refractivity contribution >= 4 is 5.69 Å². The highest BCUT2D eigenvalue weighted by atomic mass is 15.1. The Balaban J connectivity index is 2.39. The maximum absolute atomic E-state index is 4.11. The molecular weight excluding hydrogens is 150 g/mol. The average Bonchev–Trinajstić information content (AvgIpc) is 2.29. The summed E-state index contributed by atoms with van der Waals surface area (Å²) in [6, 6.07) is 2.07. The Labute approximate surface area is 72.4 Å². The number of nitrogens with one attached hydrogen (secondary N) is 1. The standard InChI is InChI=1S/C9H13N3/c1-12-5-4-11-7-8-6-10-3-2-9(8)12/h2-3,6,11H,4-5,7H2,1H3. The fourth-order valence-corrected chi connectivity index (χ4v) is 1.52. The molecule has 1 aliphatic rings. The Morgan fingerprint density at radius 1 is 1.58 bits per heavy atom. The molecule has 3 heteroatoms. The van der Waals surface area contributed by atoms with E-state index in [0.717, 1.165) is 19.6 Å². The molecule has 2 heterocycles. The van der Waals surface area contributed by atoms with Crippen LogP contribution in [-0.4, -0.2) is 25.1 Å². The molecule has 2 rings (SSSR count). The van der Waals surface area contributed by atoms with Gasteiger partial charge in [-0.15, -0.1) is 0 Å². The number of anilines is 1. The van der Waals surface area contributed by atoms with E-state index in [1.165, 1.54) is 11.3 Å². The molecule has 0 amide bonds. The number of fused-ring (bicyclic) bond motifs is 1. The Morgan fingerprint density at radius 2 is 2.50 bits per heavy atom. The van der Waals surface area contributed by atoms with Gasteiger partial charge in [0.2, 0.25) is 0 Å². The molecule has 0 bridgehead atoms. The highest BCUT2D eigenvalue weighted by molar-refractivity contribution is 5.52. The average molecular weight is 163 g/mol. The lowest BCUT2D eigenvalue weighted by molar-refractivity contribution is 0.706. The van der Waals surface area contributed by atoms with Crippen LogP contribution in [0, 0.1) is 0 Å². The normalized spacial score (nSPS) is 16.9. The molecule has 0 saturated carbocycles. The van der Waals surface area contributed by atoms with Crippen molar-refractivity contribution in [1.29, 1.82) is 0 Å². The van der Waals surface area contributed by atoms with E-state index in [0.29, 0.717) is 0 Å². The van der Waals surface area contributed by atoms with Crippen molar-refractivity contribution in [2.45, 2.75) is 6.54 Å². The first-order valence-corrected chi connectivity index (χ1v) is 4.22. The van der Waals surface area contributed by atoms with Gasteiger partial charge in [-0.2, -0.15) is 0 Å². The van der Waals surface area contributed by atoms with Gasteiger partial charge in [0.1, 0.15) is 0 Å². The van der Waals surface area contributed by atoms with Crippen LogP contribution in [-0.2, 0) is 6.54 Å². The van der Waals surface area contributed by atoms with Gasteiger partial charge in [0.05, 0.1) is 0 Å². The Hall–Kier alpha value is -1.09. The minimum Gasteiger partial charge on any atom is -0.373 e. The molecule has 0 saturated heterocycles. The van der Waals surface area contributed by atoms with Gasteiger partial charge in [-0.25, -0.2) is 0 Å². The van der Waals surface area contributed by atoms with Crippen LogP contribution in [0.1, 0.15) is 5.56 Å². The third kappa shape index (κ3) is 1.28. The summed E-state index contributed by atoms with van der Waals surface area (Å²) in [6.45, 7) is 3.05. The molecule has 0 atom stereocenters. The van der Waals surface area contributed by atoms with E-state index in [1.54, 1.807) is 0 Å². The summed E-state index contributed by atoms with van der Waals surface area (Å²) in [5.41, 5.74) is 2.59. The Bertz CT molecular complexity index is 272. The Morgan fingerprint density at radius 3 is 3.42 bits per heavy atom. The van der Waals surface area contributed by atoms with Gasteiger partial charge in [-0.1, -0.05) is 0 Å². The molecule has 1 N–H and O–H groups in total. The van der Waals surface area contributed by atoms with E-state index in [9.17, 15) is 0 Å². The highest BCUT2D eigenvalue weighted by Crippen LogP contribution is 2.18. The van der Waals surface area contributed by atoms with Gasteiger partial charge in [-0.05, 0) is 6.07 Å². The van der Waals surface area contributed by atoms with E-state index in [-0.39, 0.29) is 0 Å². The fraction of sp³-hybridized carbons (Fsp3) is 0.444. The molecule has 0 fully saturated rings. The van der Waals surface area contributed by atoms with Crippen LogP contribution in [0.5, 0.6) is 0 Å². The second-order valence-electron chi connectivity index (χ2n) is 3.10. The molecule has 12 heavy (non-hydrogen) atoms. The zero-order valence-corrected chi connectivity index (χ0v) is 7.25. The first-order valence-electron chi connectivity index (χ1n) is 4.22. The fourth-order valence-electron chi connectivity index (χ4n) is 1.52. The lowest BCUT2D eigenvalue weighted by atomic mass is 10.2. The van der Waals surface area contributed by atoms with Gasteiger partial charge in [0.25, 0.3) is 0 Å². The minimum absolute atomic E-state index is 0.938. The van der Waals surface area contributed by atoms with E-state index in [2.05, 4.69) is 28.3 Å². The largest absolute Gasteiger partial charge is 0.373 e. The lowest BCUT2D eigenvalue weighted by Gasteiger charge is -2.17. The topological polar surface area (TPSA) is 28.2 Å². The SMILES string of the molecule is CN1CCNCc2cnccc21. The maximum atomic E-state index is 4.11. The molecule has 0 unspecified atom stereocenters. The number of aromatic nitrogens is 1. The van der Waals surface area contributed by atoms with Crippen molar-refractivity contribution in [3.8, 4) is 0 Å². The molecule has 0 aromatic carbocycles. The smallest absolute Gasteiger partial charge is 0.0440 e. The second-order valence-corrected chi connectivity index (χ2v) is 3.10. The molecular formula is C9H13N3. The molecule has 1 aliphatic heterocycles. The first kappa shape index (κ1) is 7.55. The number of hydrogen-bond acceptors (Lipinski definition) is 3. The summed E-state index contributed by atoms with van der Waals surface area (Å²) in [7, 11) is 2.12. The van der Waals surface area contributed by atoms with Gasteiger partial charge in [0.15, 0.2) is 0 Å². The molecule has 0 spiro atoms. The number of hydrogen-bond donors (Lipinski definition) is 1. The monoisotopic (exact) mass is 163 g/mol. The maximum Gasteiger partial charge on any atom is 0.0440 e. The molecule has 0 aliphatic carbocycles. The van der Waals surface area contributed by atoms with Crippen molar-refractivity contribution in [1.82, 2.24) is 10.3 Å². The third-order valence-electron chi connectivity index (χ3n) is 2.23. The zero-order chi connectivity index (χ0) is 8.39. The van der Waals surface area contributed by atoms with Gasteiger partial charge in [-0.3, -0.25) is 4.98 Å². The van der Waals surface area contributed by atoms with Crippen molar-refractivity contribution in [2.75, 3.05) is 25.0 Å². The molecule has 3 nitrogen and oxygen atoms in total. The summed E-state index contributed by atoms with van der Waals surface area (Å²) in [5.74, 6) is 0. The number of likely N-dealkylation sites (N-methyl/N-ethyl adjacent to an activating group) is 1. The van der Waals surface area contributed by atoms with Crippen LogP contribution in [0.15, 0.2) is 18.5 Å². The van der Waals surface area contributed by atoms with Crippen molar-refractivity contribution in [2.24, 2.45) is 0 Å². The summed E-state index contributed by atoms with van der Waals surface area (Å²) in [4.78, 5) is 6.37. The van der Waals surface area contributed by atoms with Crippen LogP contribution in [0.3, 0.4) is 0 Å². The van der Waals surface area contributed by atoms with Crippen LogP contribution < -0.4 is 10.2 Å². The predicted octanol–water partition coefficient (Wildman–Crippen LogP) is 0.621. The zero-order valence-electron chi connectivity index (χ0n) is 7.25. The van der Waals surface area contributed by atoms with Crippen molar-refractivity contribution in [3.05, 3.63) is 24.0 Å². The lowest BCUT2D eigenvalue weighted by Crippen LogP contribution is -2.24. The second kappa shape index (κ2) is 3.11. The Kier molecular flexibility index (Phi) is 1.96. The van der Waals surface area contributed by atoms with Gasteiger partial charge < -0.3 is 10.2 Å². The number of pyridine rings is 1. The molecule has 0 radical (unpaired) electrons. The molecule has 1 aromatic heterocycles. The number of rotatable bonds is 0. The van der Waals surface area contributed by atoms with Crippen LogP contribution in [0.25, 0.3) is 0 Å². The van der Waals surface area contributed by atoms with E-state index in [4.69, 9.17) is 0 Å². The van der Waals surface area contributed by atoms with Gasteiger partial charge >= 0.3 is 0 Å². The van der Waals surface area contributed by atoms with E-state index >= 15 is 0 Å². The summed E-state index contributed by atoms with van der Waals surface area (Å²) in [5, 5.41) is 3.35. The van der Waals surface area contributed by atoms with Crippen LogP contribution >= 0.6 is 0 Å². The van der Waals surface area contributed by atoms with Crippen molar-refractivity contribution < 1.29 is 0 Å². The molecule has 64 valence electrons. The third-order valence-corrected chi connectivity index (χ3v) is 2.23. The predicted molar refractivity (Wildman–Crippen MR) is 49.2 cm³/mol. The minimum atomic E-state index is 0.938. The van der Waals surface area contributed by atoms with Crippen LogP contribution in [0.4, 0.5) is 5.69 Å². The van der Waals surface area contributed by atoms with E-state index < -0.39 is 0 Å². The quantitative estimate of drug-likeness (QED) is 0.607. The highest BCUT2D eigenvalue weighted by Gasteiger charge is 2.09. The van der Waals surface area contributed by atoms with Crippen LogP contribution in [0.2, 0.25) is 0 Å². The van der Waals surface area contributed by atoms with Crippen molar-refractivity contribution in [3.63, 3.8) is 0 Å². The molecule has 1 aromatic rings. The first-order chi connectivity index (χ1) is 5.88. The summed E-state index contributed by atoms with van der Waals surface area (Å²) >= 11 is 0. The van der Waals surface area contributed by atoms with E-state index in [1.807, 2.05) is 12.4 Å². The van der Waals surface area contributed by atoms with Gasteiger partial charge in [0, 0.05) is 50.3 Å². The number of nitrogens with zero attached hydrogens (tertiary/aromatic N) is 2. The summed E-state index contributed by atoms with van der Waals surface area (Å²) in [6.07, 6.45) is 3.78. The summed E-state index contributed by atoms with van der Waals surface area (Å²) < 4.78 is 0.